The summed E-state index contributed by atoms with van der Waals surface area (Å²) in [6.45, 7) is 6.55. The zero-order valence-corrected chi connectivity index (χ0v) is 15.0. The first-order valence-corrected chi connectivity index (χ1v) is 9.10. The highest BCUT2D eigenvalue weighted by Crippen LogP contribution is 2.18. The van der Waals surface area contributed by atoms with E-state index < -0.39 is 0 Å². The van der Waals surface area contributed by atoms with Crippen molar-refractivity contribution >= 4 is 0 Å². The highest BCUT2D eigenvalue weighted by Gasteiger charge is 2.23. The van der Waals surface area contributed by atoms with Crippen molar-refractivity contribution in [1.29, 1.82) is 0 Å². The lowest BCUT2D eigenvalue weighted by Gasteiger charge is -2.37. The van der Waals surface area contributed by atoms with Crippen LogP contribution >= 0.6 is 0 Å². The van der Waals surface area contributed by atoms with Crippen LogP contribution in [0.2, 0.25) is 0 Å². The van der Waals surface area contributed by atoms with Crippen molar-refractivity contribution in [2.24, 2.45) is 0 Å². The first-order chi connectivity index (χ1) is 11.7. The number of piperidine rings is 1. The van der Waals surface area contributed by atoms with Crippen molar-refractivity contribution in [2.45, 2.75) is 38.8 Å². The second kappa shape index (κ2) is 8.41. The molecule has 1 aromatic carbocycles. The molecule has 0 unspecified atom stereocenters. The van der Waals surface area contributed by atoms with Crippen molar-refractivity contribution in [1.82, 2.24) is 14.8 Å². The van der Waals surface area contributed by atoms with Gasteiger partial charge in [0.05, 0.1) is 5.69 Å². The summed E-state index contributed by atoms with van der Waals surface area (Å²) in [6.07, 6.45) is 3.63. The van der Waals surface area contributed by atoms with E-state index >= 15 is 0 Å². The summed E-state index contributed by atoms with van der Waals surface area (Å²) >= 11 is 0. The quantitative estimate of drug-likeness (QED) is 0.811. The van der Waals surface area contributed by atoms with Crippen molar-refractivity contribution in [3.05, 3.63) is 65.5 Å². The Kier molecular flexibility index (Phi) is 6.00. The number of hydrogen-bond donors (Lipinski definition) is 0. The molecule has 3 rings (SSSR count). The van der Waals surface area contributed by atoms with Gasteiger partial charge in [-0.15, -0.1) is 0 Å². The number of aromatic nitrogens is 1. The molecule has 2 aromatic rings. The van der Waals surface area contributed by atoms with Gasteiger partial charge in [0.1, 0.15) is 0 Å². The van der Waals surface area contributed by atoms with E-state index in [9.17, 15) is 0 Å². The Hall–Kier alpha value is -1.71. The van der Waals surface area contributed by atoms with E-state index in [0.29, 0.717) is 6.04 Å². The monoisotopic (exact) mass is 323 g/mol. The van der Waals surface area contributed by atoms with Gasteiger partial charge in [0.25, 0.3) is 0 Å². The second-order valence-electron chi connectivity index (χ2n) is 7.01. The Bertz CT molecular complexity index is 618. The van der Waals surface area contributed by atoms with Gasteiger partial charge in [0.15, 0.2) is 0 Å². The lowest BCUT2D eigenvalue weighted by atomic mass is 10.0. The van der Waals surface area contributed by atoms with Gasteiger partial charge < -0.3 is 4.90 Å². The summed E-state index contributed by atoms with van der Waals surface area (Å²) in [5.41, 5.74) is 3.73. The van der Waals surface area contributed by atoms with Crippen LogP contribution in [-0.2, 0) is 13.0 Å². The van der Waals surface area contributed by atoms with E-state index in [-0.39, 0.29) is 0 Å². The summed E-state index contributed by atoms with van der Waals surface area (Å²) in [7, 11) is 2.23. The van der Waals surface area contributed by atoms with Gasteiger partial charge in [-0.25, -0.2) is 0 Å². The first-order valence-electron chi connectivity index (χ1n) is 9.10. The molecular formula is C21H29N3. The van der Waals surface area contributed by atoms with Gasteiger partial charge in [-0.1, -0.05) is 36.4 Å². The number of pyridine rings is 1. The van der Waals surface area contributed by atoms with E-state index in [4.69, 9.17) is 4.98 Å². The molecule has 1 aromatic heterocycles. The fourth-order valence-electron chi connectivity index (χ4n) is 3.56. The Balaban J connectivity index is 1.68. The van der Waals surface area contributed by atoms with Crippen LogP contribution in [0.15, 0.2) is 48.5 Å². The standard InChI is InChI=1S/C21H29N3/c1-18-7-6-10-20(22-18)17-24(21-12-14-23(2)15-13-21)16-11-19-8-4-3-5-9-19/h3-10,21H,11-17H2,1-2H3. The molecule has 3 heteroatoms. The largest absolute Gasteiger partial charge is 0.306 e. The van der Waals surface area contributed by atoms with E-state index in [1.165, 1.54) is 37.2 Å². The molecule has 0 bridgehead atoms. The SMILES string of the molecule is Cc1cccc(CN(CCc2ccccc2)C2CCN(C)CC2)n1. The molecule has 3 nitrogen and oxygen atoms in total. The lowest BCUT2D eigenvalue weighted by Crippen LogP contribution is -2.44. The Morgan fingerprint density at radius 3 is 2.50 bits per heavy atom. The van der Waals surface area contributed by atoms with Gasteiger partial charge in [0.2, 0.25) is 0 Å². The molecule has 1 aliphatic rings. The van der Waals surface area contributed by atoms with Crippen molar-refractivity contribution in [2.75, 3.05) is 26.7 Å². The molecule has 0 atom stereocenters. The number of benzene rings is 1. The highest BCUT2D eigenvalue weighted by molar-refractivity contribution is 5.15. The third-order valence-corrected chi connectivity index (χ3v) is 5.05. The van der Waals surface area contributed by atoms with E-state index in [1.54, 1.807) is 0 Å². The molecule has 1 fully saturated rings. The van der Waals surface area contributed by atoms with Crippen LogP contribution in [0.1, 0.15) is 29.8 Å². The normalized spacial score (nSPS) is 16.6. The van der Waals surface area contributed by atoms with E-state index in [0.717, 1.165) is 25.2 Å². The number of nitrogens with zero attached hydrogens (tertiary/aromatic N) is 3. The summed E-state index contributed by atoms with van der Waals surface area (Å²) in [4.78, 5) is 9.82. The molecule has 0 aliphatic carbocycles. The van der Waals surface area contributed by atoms with Gasteiger partial charge in [-0.2, -0.15) is 0 Å². The Morgan fingerprint density at radius 2 is 1.79 bits per heavy atom. The Morgan fingerprint density at radius 1 is 1.04 bits per heavy atom. The average molecular weight is 323 g/mol. The van der Waals surface area contributed by atoms with Gasteiger partial charge in [-0.3, -0.25) is 9.88 Å². The molecule has 1 aliphatic heterocycles. The molecule has 2 heterocycles. The minimum atomic E-state index is 0.673. The van der Waals surface area contributed by atoms with Gasteiger partial charge >= 0.3 is 0 Å². The summed E-state index contributed by atoms with van der Waals surface area (Å²) < 4.78 is 0. The summed E-state index contributed by atoms with van der Waals surface area (Å²) in [5, 5.41) is 0. The predicted octanol–water partition coefficient (Wildman–Crippen LogP) is 3.53. The maximum atomic E-state index is 4.73. The predicted molar refractivity (Wildman–Crippen MR) is 100 cm³/mol. The maximum Gasteiger partial charge on any atom is 0.0547 e. The number of aryl methyl sites for hydroxylation is 1. The van der Waals surface area contributed by atoms with E-state index in [1.807, 2.05) is 0 Å². The van der Waals surface area contributed by atoms with Gasteiger partial charge in [0, 0.05) is 24.8 Å². The van der Waals surface area contributed by atoms with Crippen molar-refractivity contribution in [3.8, 4) is 0 Å². The topological polar surface area (TPSA) is 19.4 Å². The Labute approximate surface area is 146 Å². The molecule has 0 saturated carbocycles. The first kappa shape index (κ1) is 17.1. The zero-order chi connectivity index (χ0) is 16.8. The van der Waals surface area contributed by atoms with Crippen molar-refractivity contribution in [3.63, 3.8) is 0 Å². The number of likely N-dealkylation sites (tertiary alicyclic amines) is 1. The van der Waals surface area contributed by atoms with Crippen LogP contribution < -0.4 is 0 Å². The minimum Gasteiger partial charge on any atom is -0.306 e. The second-order valence-corrected chi connectivity index (χ2v) is 7.01. The molecule has 0 spiro atoms. The number of rotatable bonds is 6. The highest BCUT2D eigenvalue weighted by atomic mass is 15.2. The third-order valence-electron chi connectivity index (χ3n) is 5.05. The summed E-state index contributed by atoms with van der Waals surface area (Å²) in [5.74, 6) is 0. The molecule has 1 saturated heterocycles. The molecular weight excluding hydrogens is 294 g/mol. The van der Waals surface area contributed by atoms with Crippen molar-refractivity contribution < 1.29 is 0 Å². The molecule has 0 N–H and O–H groups in total. The summed E-state index contributed by atoms with van der Waals surface area (Å²) in [6, 6.07) is 17.9. The zero-order valence-electron chi connectivity index (χ0n) is 15.0. The van der Waals surface area contributed by atoms with Crippen LogP contribution in [0.25, 0.3) is 0 Å². The smallest absolute Gasteiger partial charge is 0.0547 e. The third kappa shape index (κ3) is 4.89. The average Bonchev–Trinajstić information content (AvgIpc) is 2.60. The van der Waals surface area contributed by atoms with Crippen LogP contribution in [0.3, 0.4) is 0 Å². The lowest BCUT2D eigenvalue weighted by molar-refractivity contribution is 0.114. The van der Waals surface area contributed by atoms with Crippen LogP contribution in [-0.4, -0.2) is 47.5 Å². The van der Waals surface area contributed by atoms with Crippen LogP contribution in [0.4, 0.5) is 0 Å². The maximum absolute atomic E-state index is 4.73. The van der Waals surface area contributed by atoms with E-state index in [2.05, 4.69) is 72.3 Å². The minimum absolute atomic E-state index is 0.673. The number of hydrogen-bond acceptors (Lipinski definition) is 3. The molecule has 24 heavy (non-hydrogen) atoms. The molecule has 0 radical (unpaired) electrons. The fourth-order valence-corrected chi connectivity index (χ4v) is 3.56. The van der Waals surface area contributed by atoms with Gasteiger partial charge in [-0.05, 0) is 64.0 Å². The van der Waals surface area contributed by atoms with Crippen LogP contribution in [0, 0.1) is 6.92 Å². The van der Waals surface area contributed by atoms with Crippen LogP contribution in [0.5, 0.6) is 0 Å². The molecule has 128 valence electrons. The molecule has 0 amide bonds. The fraction of sp³-hybridized carbons (Fsp3) is 0.476.